The summed E-state index contributed by atoms with van der Waals surface area (Å²) in [5.74, 6) is 1.61. The molecular weight excluding hydrogens is 707 g/mol. The highest BCUT2D eigenvalue weighted by Gasteiger charge is 2.34. The first-order valence-electron chi connectivity index (χ1n) is 19.6. The van der Waals surface area contributed by atoms with E-state index in [0.717, 1.165) is 66.7 Å². The number of amidine groups is 2. The summed E-state index contributed by atoms with van der Waals surface area (Å²) in [6.07, 6.45) is 4.34. The topological polar surface area (TPSA) is 65.2 Å². The highest BCUT2D eigenvalue weighted by molar-refractivity contribution is 6.11. The number of aliphatic imine (C=N–C) groups is 1. The van der Waals surface area contributed by atoms with Crippen molar-refractivity contribution in [1.82, 2.24) is 14.9 Å². The third-order valence-corrected chi connectivity index (χ3v) is 10.8. The van der Waals surface area contributed by atoms with Gasteiger partial charge in [-0.15, -0.1) is 0 Å². The Morgan fingerprint density at radius 1 is 0.603 bits per heavy atom. The summed E-state index contributed by atoms with van der Waals surface area (Å²) < 4.78 is 0. The van der Waals surface area contributed by atoms with E-state index in [0.29, 0.717) is 11.7 Å². The van der Waals surface area contributed by atoms with E-state index in [1.807, 2.05) is 66.7 Å². The highest BCUT2D eigenvalue weighted by atomic mass is 15.2. The Hall–Kier alpha value is -7.24. The molecule has 0 aliphatic heterocycles. The van der Waals surface area contributed by atoms with Crippen LogP contribution >= 0.6 is 0 Å². The van der Waals surface area contributed by atoms with Crippen LogP contribution in [0.2, 0.25) is 0 Å². The van der Waals surface area contributed by atoms with Gasteiger partial charge in [0.05, 0.1) is 16.9 Å². The standard InChI is InChI=1S/C53H45N5/c1-5-35-53(3,58(4)52(44-21-13-8-14-22-44)57-50(54)42-17-9-6-10-18-42)46-26-16-24-41-23-15-25-45(49(41)46)38-31-33-40(34-32-38)48-36-47(39-29-27-37(2)28-30-39)55-51(56-48)43-19-11-7-12-20-43/h5-36,54H,1-4H3/b35-5-,54-50?,57-52-. The molecule has 0 spiro atoms. The molecule has 0 aliphatic carbocycles. The third-order valence-electron chi connectivity index (χ3n) is 10.8. The van der Waals surface area contributed by atoms with Crippen molar-refractivity contribution in [3.63, 3.8) is 0 Å². The molecule has 0 radical (unpaired) electrons. The van der Waals surface area contributed by atoms with Crippen LogP contribution in [0.5, 0.6) is 0 Å². The predicted molar refractivity (Wildman–Crippen MR) is 242 cm³/mol. The number of aryl methyl sites for hydroxylation is 1. The van der Waals surface area contributed by atoms with Gasteiger partial charge in [0.1, 0.15) is 5.84 Å². The fourth-order valence-corrected chi connectivity index (χ4v) is 7.62. The molecular formula is C53H45N5. The minimum Gasteiger partial charge on any atom is -0.346 e. The lowest BCUT2D eigenvalue weighted by molar-refractivity contribution is 0.303. The Labute approximate surface area is 341 Å². The highest BCUT2D eigenvalue weighted by Crippen LogP contribution is 2.41. The number of nitrogens with zero attached hydrogens (tertiary/aromatic N) is 4. The van der Waals surface area contributed by atoms with E-state index in [-0.39, 0.29) is 5.84 Å². The summed E-state index contributed by atoms with van der Waals surface area (Å²) >= 11 is 0. The Morgan fingerprint density at radius 3 is 1.74 bits per heavy atom. The molecule has 282 valence electrons. The molecule has 0 saturated heterocycles. The number of rotatable bonds is 9. The molecule has 1 unspecified atom stereocenters. The van der Waals surface area contributed by atoms with Crippen molar-refractivity contribution < 1.29 is 0 Å². The van der Waals surface area contributed by atoms with Crippen molar-refractivity contribution in [2.75, 3.05) is 7.05 Å². The maximum absolute atomic E-state index is 9.05. The largest absolute Gasteiger partial charge is 0.346 e. The van der Waals surface area contributed by atoms with E-state index in [4.69, 9.17) is 20.4 Å². The number of benzene rings is 7. The van der Waals surface area contributed by atoms with Crippen molar-refractivity contribution in [2.45, 2.75) is 26.3 Å². The number of nitrogens with one attached hydrogen (secondary N) is 1. The van der Waals surface area contributed by atoms with Gasteiger partial charge in [0.15, 0.2) is 11.7 Å². The van der Waals surface area contributed by atoms with Crippen LogP contribution in [0.15, 0.2) is 199 Å². The molecule has 5 heteroatoms. The molecule has 0 aliphatic rings. The summed E-state index contributed by atoms with van der Waals surface area (Å²) in [4.78, 5) is 17.3. The van der Waals surface area contributed by atoms with Gasteiger partial charge in [-0.05, 0) is 54.3 Å². The quantitative estimate of drug-likeness (QED) is 0.0907. The molecule has 8 aromatic rings. The number of aromatic nitrogens is 2. The van der Waals surface area contributed by atoms with E-state index >= 15 is 0 Å². The summed E-state index contributed by atoms with van der Waals surface area (Å²) in [6, 6.07) is 62.4. The van der Waals surface area contributed by atoms with Gasteiger partial charge in [-0.25, -0.2) is 15.0 Å². The van der Waals surface area contributed by atoms with Gasteiger partial charge in [0, 0.05) is 34.9 Å². The molecule has 0 saturated carbocycles. The van der Waals surface area contributed by atoms with Gasteiger partial charge in [-0.3, -0.25) is 5.41 Å². The molecule has 7 aromatic carbocycles. The number of likely N-dealkylation sites (N-methyl/N-ethyl adjacent to an activating group) is 1. The number of hydrogen-bond acceptors (Lipinski definition) is 3. The van der Waals surface area contributed by atoms with Gasteiger partial charge in [-0.1, -0.05) is 194 Å². The second kappa shape index (κ2) is 16.5. The summed E-state index contributed by atoms with van der Waals surface area (Å²) in [5, 5.41) is 11.4. The fraction of sp³-hybridized carbons (Fsp3) is 0.0943. The van der Waals surface area contributed by atoms with E-state index in [1.165, 1.54) is 5.56 Å². The molecule has 0 fully saturated rings. The average Bonchev–Trinajstić information content (AvgIpc) is 3.28. The third kappa shape index (κ3) is 7.63. The van der Waals surface area contributed by atoms with Crippen LogP contribution in [0.25, 0.3) is 55.8 Å². The first-order chi connectivity index (χ1) is 28.3. The normalized spacial score (nSPS) is 12.7. The molecule has 1 atom stereocenters. The van der Waals surface area contributed by atoms with Crippen LogP contribution in [0.3, 0.4) is 0 Å². The predicted octanol–water partition coefficient (Wildman–Crippen LogP) is 12.8. The first kappa shape index (κ1) is 37.7. The van der Waals surface area contributed by atoms with E-state index in [9.17, 15) is 0 Å². The molecule has 1 heterocycles. The van der Waals surface area contributed by atoms with E-state index < -0.39 is 5.54 Å². The smallest absolute Gasteiger partial charge is 0.160 e. The zero-order valence-electron chi connectivity index (χ0n) is 33.3. The fourth-order valence-electron chi connectivity index (χ4n) is 7.62. The Bertz CT molecular complexity index is 2750. The maximum atomic E-state index is 9.05. The number of allylic oxidation sites excluding steroid dienone is 1. The lowest BCUT2D eigenvalue weighted by Crippen LogP contribution is -2.44. The monoisotopic (exact) mass is 751 g/mol. The molecule has 8 rings (SSSR count). The second-order valence-electron chi connectivity index (χ2n) is 14.7. The molecule has 58 heavy (non-hydrogen) atoms. The van der Waals surface area contributed by atoms with Crippen LogP contribution in [0.4, 0.5) is 0 Å². The van der Waals surface area contributed by atoms with Crippen LogP contribution in [-0.2, 0) is 5.54 Å². The van der Waals surface area contributed by atoms with Crippen LogP contribution < -0.4 is 0 Å². The van der Waals surface area contributed by atoms with Crippen LogP contribution in [0, 0.1) is 12.3 Å². The molecule has 1 N–H and O–H groups in total. The lowest BCUT2D eigenvalue weighted by Gasteiger charge is -2.40. The Kier molecular flexibility index (Phi) is 10.7. The number of hydrogen-bond donors (Lipinski definition) is 1. The summed E-state index contributed by atoms with van der Waals surface area (Å²) in [7, 11) is 2.08. The van der Waals surface area contributed by atoms with Crippen molar-refractivity contribution in [2.24, 2.45) is 4.99 Å². The number of fused-ring (bicyclic) bond motifs is 1. The zero-order chi connectivity index (χ0) is 40.1. The second-order valence-corrected chi connectivity index (χ2v) is 14.7. The minimum absolute atomic E-state index is 0.207. The van der Waals surface area contributed by atoms with Crippen molar-refractivity contribution in [1.29, 1.82) is 5.41 Å². The molecule has 1 aromatic heterocycles. The Morgan fingerprint density at radius 2 is 1.14 bits per heavy atom. The van der Waals surface area contributed by atoms with E-state index in [2.05, 4.69) is 160 Å². The molecule has 0 bridgehead atoms. The Balaban J connectivity index is 1.23. The average molecular weight is 752 g/mol. The molecule has 5 nitrogen and oxygen atoms in total. The lowest BCUT2D eigenvalue weighted by atomic mass is 9.82. The van der Waals surface area contributed by atoms with Gasteiger partial charge in [0.2, 0.25) is 0 Å². The van der Waals surface area contributed by atoms with Crippen molar-refractivity contribution >= 4 is 22.4 Å². The van der Waals surface area contributed by atoms with Gasteiger partial charge in [-0.2, -0.15) is 0 Å². The van der Waals surface area contributed by atoms with Crippen LogP contribution in [-0.4, -0.2) is 33.6 Å². The molecule has 0 amide bonds. The van der Waals surface area contributed by atoms with Gasteiger partial charge < -0.3 is 4.90 Å². The minimum atomic E-state index is -0.656. The zero-order valence-corrected chi connectivity index (χ0v) is 33.3. The maximum Gasteiger partial charge on any atom is 0.160 e. The van der Waals surface area contributed by atoms with Crippen molar-refractivity contribution in [3.05, 3.63) is 216 Å². The van der Waals surface area contributed by atoms with Crippen molar-refractivity contribution in [3.8, 4) is 45.0 Å². The first-order valence-corrected chi connectivity index (χ1v) is 19.6. The van der Waals surface area contributed by atoms with Crippen LogP contribution in [0.1, 0.15) is 36.1 Å². The SMILES string of the molecule is C/C=C\C(C)(c1cccc2cccc(-c3ccc(-c4cc(-c5ccc(C)cc5)nc(-c5ccccc5)n4)cc3)c12)N(C)/C(=N\C(=N)c1ccccc1)c1ccccc1. The van der Waals surface area contributed by atoms with E-state index in [1.54, 1.807) is 0 Å². The summed E-state index contributed by atoms with van der Waals surface area (Å²) in [6.45, 7) is 6.39. The summed E-state index contributed by atoms with van der Waals surface area (Å²) in [5.41, 5.74) is 10.4. The van der Waals surface area contributed by atoms with Gasteiger partial charge >= 0.3 is 0 Å². The van der Waals surface area contributed by atoms with Gasteiger partial charge in [0.25, 0.3) is 0 Å².